The molecule has 0 fully saturated rings. The van der Waals surface area contributed by atoms with Gasteiger partial charge in [0.15, 0.2) is 5.76 Å². The molecular formula is C15H12FN3O4. The Bertz CT molecular complexity index is 767. The number of carbonyl (C=O) groups excluding carboxylic acids is 2. The number of amides is 2. The van der Waals surface area contributed by atoms with Gasteiger partial charge in [-0.2, -0.15) is 0 Å². The van der Waals surface area contributed by atoms with E-state index in [9.17, 15) is 14.0 Å². The van der Waals surface area contributed by atoms with Crippen molar-refractivity contribution < 1.29 is 23.1 Å². The predicted octanol–water partition coefficient (Wildman–Crippen LogP) is 1.21. The third-order valence-corrected chi connectivity index (χ3v) is 2.95. The molecule has 118 valence electrons. The number of nitrogens with zero attached hydrogens (tertiary/aromatic N) is 1. The number of hydrogen-bond acceptors (Lipinski definition) is 5. The Balaban J connectivity index is 1.56. The molecule has 0 bridgehead atoms. The number of carbonyl (C=O) groups is 2. The Labute approximate surface area is 130 Å². The molecule has 0 spiro atoms. The third-order valence-electron chi connectivity index (χ3n) is 2.95. The van der Waals surface area contributed by atoms with Gasteiger partial charge in [-0.25, -0.2) is 9.38 Å². The Hall–Kier alpha value is -3.16. The van der Waals surface area contributed by atoms with E-state index >= 15 is 0 Å². The summed E-state index contributed by atoms with van der Waals surface area (Å²) in [5.74, 6) is -0.0934. The average Bonchev–Trinajstić information content (AvgIpc) is 3.16. The average molecular weight is 317 g/mol. The lowest BCUT2D eigenvalue weighted by atomic mass is 10.3. The molecular weight excluding hydrogens is 305 g/mol. The first-order valence-electron chi connectivity index (χ1n) is 6.73. The minimum absolute atomic E-state index is 0.00940. The van der Waals surface area contributed by atoms with Crippen LogP contribution in [0.3, 0.4) is 0 Å². The van der Waals surface area contributed by atoms with Crippen LogP contribution in [0.2, 0.25) is 0 Å². The largest absolute Gasteiger partial charge is 0.486 e. The first kappa shape index (κ1) is 14.8. The second-order valence-electron chi connectivity index (χ2n) is 4.68. The summed E-state index contributed by atoms with van der Waals surface area (Å²) in [5, 5.41) is 4.82. The van der Waals surface area contributed by atoms with Crippen molar-refractivity contribution >= 4 is 17.8 Å². The molecule has 0 atom stereocenters. The lowest BCUT2D eigenvalue weighted by Gasteiger charge is -2.04. The van der Waals surface area contributed by atoms with Gasteiger partial charge >= 0.3 is 0 Å². The summed E-state index contributed by atoms with van der Waals surface area (Å²) in [7, 11) is 0. The van der Waals surface area contributed by atoms with Crippen LogP contribution in [0.4, 0.5) is 4.39 Å². The van der Waals surface area contributed by atoms with Crippen LogP contribution in [0.25, 0.3) is 0 Å². The highest BCUT2D eigenvalue weighted by molar-refractivity contribution is 6.11. The lowest BCUT2D eigenvalue weighted by molar-refractivity contribution is -0.117. The Morgan fingerprint density at radius 2 is 2.09 bits per heavy atom. The molecule has 0 aliphatic carbocycles. The highest BCUT2D eigenvalue weighted by Gasteiger charge is 2.18. The molecule has 7 nitrogen and oxygen atoms in total. The van der Waals surface area contributed by atoms with E-state index in [0.717, 1.165) is 0 Å². The van der Waals surface area contributed by atoms with Crippen molar-refractivity contribution in [2.45, 2.75) is 6.61 Å². The first-order valence-corrected chi connectivity index (χ1v) is 6.73. The van der Waals surface area contributed by atoms with E-state index in [1.54, 1.807) is 6.07 Å². The van der Waals surface area contributed by atoms with Crippen molar-refractivity contribution in [3.8, 4) is 5.75 Å². The van der Waals surface area contributed by atoms with Crippen molar-refractivity contribution in [2.75, 3.05) is 6.54 Å². The van der Waals surface area contributed by atoms with E-state index in [0.29, 0.717) is 11.5 Å². The fraction of sp³-hybridized carbons (Fsp3) is 0.133. The number of benzene rings is 1. The van der Waals surface area contributed by atoms with Gasteiger partial charge in [0.1, 0.15) is 30.5 Å². The van der Waals surface area contributed by atoms with Gasteiger partial charge in [-0.1, -0.05) is 0 Å². The van der Waals surface area contributed by atoms with Gasteiger partial charge in [-0.3, -0.25) is 20.2 Å². The second kappa shape index (κ2) is 6.30. The Kier molecular flexibility index (Phi) is 4.05. The summed E-state index contributed by atoms with van der Waals surface area (Å²) in [6.45, 7) is 0.0844. The minimum atomic E-state index is -0.529. The van der Waals surface area contributed by atoms with Crippen LogP contribution in [0.1, 0.15) is 16.3 Å². The summed E-state index contributed by atoms with van der Waals surface area (Å²) >= 11 is 0. The van der Waals surface area contributed by atoms with Crippen molar-refractivity contribution in [2.24, 2.45) is 4.99 Å². The zero-order valence-corrected chi connectivity index (χ0v) is 11.8. The molecule has 8 heteroatoms. The Morgan fingerprint density at radius 3 is 2.78 bits per heavy atom. The summed E-state index contributed by atoms with van der Waals surface area (Å²) in [6, 6.07) is 8.63. The predicted molar refractivity (Wildman–Crippen MR) is 77.4 cm³/mol. The molecule has 3 rings (SSSR count). The number of rotatable bonds is 4. The number of guanidine groups is 1. The van der Waals surface area contributed by atoms with Gasteiger partial charge in [0.05, 0.1) is 0 Å². The SMILES string of the molecule is O=C1CN=C(NC(=O)c2ccc(COc3ccc(F)cc3)o2)N1. The smallest absolute Gasteiger partial charge is 0.293 e. The van der Waals surface area contributed by atoms with Crippen LogP contribution < -0.4 is 15.4 Å². The fourth-order valence-corrected chi connectivity index (χ4v) is 1.86. The number of hydrogen-bond donors (Lipinski definition) is 2. The number of nitrogens with one attached hydrogen (secondary N) is 2. The minimum Gasteiger partial charge on any atom is -0.486 e. The molecule has 2 N–H and O–H groups in total. The van der Waals surface area contributed by atoms with Crippen molar-refractivity contribution in [3.63, 3.8) is 0 Å². The number of halogens is 1. The van der Waals surface area contributed by atoms with Crippen molar-refractivity contribution in [3.05, 3.63) is 53.7 Å². The van der Waals surface area contributed by atoms with Crippen LogP contribution in [-0.4, -0.2) is 24.3 Å². The third kappa shape index (κ3) is 3.73. The molecule has 1 aliphatic rings. The zero-order chi connectivity index (χ0) is 16.2. The quantitative estimate of drug-likeness (QED) is 0.886. The van der Waals surface area contributed by atoms with E-state index in [-0.39, 0.29) is 36.6 Å². The molecule has 0 unspecified atom stereocenters. The van der Waals surface area contributed by atoms with Crippen LogP contribution in [0, 0.1) is 5.82 Å². The molecule has 23 heavy (non-hydrogen) atoms. The molecule has 2 heterocycles. The lowest BCUT2D eigenvalue weighted by Crippen LogP contribution is -2.39. The van der Waals surface area contributed by atoms with Crippen LogP contribution in [-0.2, 0) is 11.4 Å². The van der Waals surface area contributed by atoms with E-state index in [1.165, 1.54) is 30.3 Å². The molecule has 1 aromatic heterocycles. The molecule has 0 saturated carbocycles. The topological polar surface area (TPSA) is 92.9 Å². The second-order valence-corrected chi connectivity index (χ2v) is 4.68. The maximum Gasteiger partial charge on any atom is 0.293 e. The summed E-state index contributed by atoms with van der Waals surface area (Å²) in [5.41, 5.74) is 0. The van der Waals surface area contributed by atoms with Gasteiger partial charge in [-0.05, 0) is 36.4 Å². The molecule has 2 amide bonds. The van der Waals surface area contributed by atoms with Gasteiger partial charge in [0, 0.05) is 0 Å². The van der Waals surface area contributed by atoms with Gasteiger partial charge in [0.2, 0.25) is 11.9 Å². The fourth-order valence-electron chi connectivity index (χ4n) is 1.86. The zero-order valence-electron chi connectivity index (χ0n) is 11.8. The van der Waals surface area contributed by atoms with E-state index in [1.807, 2.05) is 0 Å². The summed E-state index contributed by atoms with van der Waals surface area (Å²) in [6.07, 6.45) is 0. The number of furan rings is 1. The van der Waals surface area contributed by atoms with E-state index in [2.05, 4.69) is 15.6 Å². The molecule has 0 saturated heterocycles. The van der Waals surface area contributed by atoms with E-state index in [4.69, 9.17) is 9.15 Å². The van der Waals surface area contributed by atoms with Crippen LogP contribution in [0.15, 0.2) is 45.8 Å². The highest BCUT2D eigenvalue weighted by Crippen LogP contribution is 2.15. The maximum absolute atomic E-state index is 12.8. The van der Waals surface area contributed by atoms with Gasteiger partial charge in [0.25, 0.3) is 5.91 Å². The summed E-state index contributed by atoms with van der Waals surface area (Å²) < 4.78 is 23.5. The van der Waals surface area contributed by atoms with Crippen LogP contribution in [0.5, 0.6) is 5.75 Å². The molecule has 1 aromatic carbocycles. The highest BCUT2D eigenvalue weighted by atomic mass is 19.1. The molecule has 0 radical (unpaired) electrons. The number of aliphatic imine (C=N–C) groups is 1. The standard InChI is InChI=1S/C15H12FN3O4/c16-9-1-3-10(4-2-9)22-8-11-5-6-12(23-11)14(21)19-15-17-7-13(20)18-15/h1-6H,7-8H2,(H2,17,18,19,20,21). The van der Waals surface area contributed by atoms with Crippen molar-refractivity contribution in [1.29, 1.82) is 0 Å². The maximum atomic E-state index is 12.8. The normalized spacial score (nSPS) is 13.4. The van der Waals surface area contributed by atoms with E-state index < -0.39 is 5.91 Å². The summed E-state index contributed by atoms with van der Waals surface area (Å²) in [4.78, 5) is 26.7. The van der Waals surface area contributed by atoms with Crippen molar-refractivity contribution in [1.82, 2.24) is 10.6 Å². The van der Waals surface area contributed by atoms with Gasteiger partial charge in [-0.15, -0.1) is 0 Å². The molecule has 1 aliphatic heterocycles. The molecule has 2 aromatic rings. The first-order chi connectivity index (χ1) is 11.1. The monoisotopic (exact) mass is 317 g/mol. The Morgan fingerprint density at radius 1 is 1.30 bits per heavy atom. The number of ether oxygens (including phenoxy) is 1. The van der Waals surface area contributed by atoms with Gasteiger partial charge < -0.3 is 9.15 Å². The van der Waals surface area contributed by atoms with Crippen LogP contribution >= 0.6 is 0 Å².